The molecule has 3 nitrogen and oxygen atoms in total. The third-order valence-corrected chi connectivity index (χ3v) is 1.30. The number of carbonyl (C=O) groups is 1. The van der Waals surface area contributed by atoms with E-state index in [1.54, 1.807) is 24.5 Å². The minimum atomic E-state index is -0.232. The van der Waals surface area contributed by atoms with E-state index in [0.29, 0.717) is 5.56 Å². The predicted molar refractivity (Wildman–Crippen MR) is 47.4 cm³/mol. The van der Waals surface area contributed by atoms with E-state index in [4.69, 9.17) is 0 Å². The van der Waals surface area contributed by atoms with Crippen molar-refractivity contribution in [3.63, 3.8) is 0 Å². The van der Waals surface area contributed by atoms with Gasteiger partial charge in [0.25, 0.3) is 5.91 Å². The first-order valence-corrected chi connectivity index (χ1v) is 3.81. The fourth-order valence-corrected chi connectivity index (χ4v) is 0.738. The van der Waals surface area contributed by atoms with Crippen molar-refractivity contribution in [2.45, 2.75) is 13.3 Å². The van der Waals surface area contributed by atoms with Gasteiger partial charge in [-0.3, -0.25) is 9.78 Å². The first kappa shape index (κ1) is 8.59. The standard InChI is InChI=1S/C9H10N2O/c1-2-5-11-9(12)8-4-3-6-10-7-8/h3-7H,2H2,1H3. The summed E-state index contributed by atoms with van der Waals surface area (Å²) in [6.45, 7) is 1.93. The van der Waals surface area contributed by atoms with Crippen LogP contribution in [0.5, 0.6) is 0 Å². The van der Waals surface area contributed by atoms with E-state index in [9.17, 15) is 4.79 Å². The highest BCUT2D eigenvalue weighted by molar-refractivity contribution is 5.98. The van der Waals surface area contributed by atoms with Gasteiger partial charge in [0.15, 0.2) is 0 Å². The van der Waals surface area contributed by atoms with Gasteiger partial charge < -0.3 is 0 Å². The SMILES string of the molecule is CCC=NC(=O)c1cccnc1. The summed E-state index contributed by atoms with van der Waals surface area (Å²) < 4.78 is 0. The van der Waals surface area contributed by atoms with Crippen molar-refractivity contribution in [3.8, 4) is 0 Å². The van der Waals surface area contributed by atoms with Gasteiger partial charge in [0.1, 0.15) is 0 Å². The average molecular weight is 162 g/mol. The number of rotatable bonds is 2. The van der Waals surface area contributed by atoms with Gasteiger partial charge in [0.2, 0.25) is 0 Å². The van der Waals surface area contributed by atoms with Crippen molar-refractivity contribution >= 4 is 12.1 Å². The minimum Gasteiger partial charge on any atom is -0.267 e. The Morgan fingerprint density at radius 1 is 1.75 bits per heavy atom. The Morgan fingerprint density at radius 3 is 3.17 bits per heavy atom. The van der Waals surface area contributed by atoms with E-state index in [1.165, 1.54) is 6.20 Å². The van der Waals surface area contributed by atoms with Crippen LogP contribution in [-0.2, 0) is 0 Å². The number of hydrogen-bond acceptors (Lipinski definition) is 2. The Hall–Kier alpha value is -1.51. The van der Waals surface area contributed by atoms with Gasteiger partial charge in [-0.05, 0) is 18.6 Å². The lowest BCUT2D eigenvalue weighted by atomic mass is 10.3. The molecule has 0 bridgehead atoms. The monoisotopic (exact) mass is 162 g/mol. The highest BCUT2D eigenvalue weighted by Gasteiger charge is 1.99. The predicted octanol–water partition coefficient (Wildman–Crippen LogP) is 1.70. The van der Waals surface area contributed by atoms with Crippen LogP contribution in [0.15, 0.2) is 29.5 Å². The van der Waals surface area contributed by atoms with Gasteiger partial charge in [-0.25, -0.2) is 4.99 Å². The molecule has 1 aromatic heterocycles. The molecule has 1 aromatic rings. The fraction of sp³-hybridized carbons (Fsp3) is 0.222. The molecule has 1 heterocycles. The van der Waals surface area contributed by atoms with Gasteiger partial charge in [-0.15, -0.1) is 0 Å². The third-order valence-electron chi connectivity index (χ3n) is 1.30. The Labute approximate surface area is 71.2 Å². The number of carbonyl (C=O) groups excluding carboxylic acids is 1. The largest absolute Gasteiger partial charge is 0.278 e. The molecule has 0 atom stereocenters. The van der Waals surface area contributed by atoms with Crippen LogP contribution in [0.3, 0.4) is 0 Å². The molecule has 0 aliphatic heterocycles. The normalized spacial score (nSPS) is 10.4. The van der Waals surface area contributed by atoms with Crippen LogP contribution >= 0.6 is 0 Å². The van der Waals surface area contributed by atoms with Crippen LogP contribution in [0.25, 0.3) is 0 Å². The molecule has 0 saturated heterocycles. The number of aromatic nitrogens is 1. The summed E-state index contributed by atoms with van der Waals surface area (Å²) in [4.78, 5) is 18.7. The molecule has 0 unspecified atom stereocenters. The van der Waals surface area contributed by atoms with E-state index in [-0.39, 0.29) is 5.91 Å². The lowest BCUT2D eigenvalue weighted by Gasteiger charge is -1.91. The second-order valence-electron chi connectivity index (χ2n) is 2.27. The summed E-state index contributed by atoms with van der Waals surface area (Å²) in [5.74, 6) is -0.232. The van der Waals surface area contributed by atoms with E-state index in [0.717, 1.165) is 6.42 Å². The molecular weight excluding hydrogens is 152 g/mol. The van der Waals surface area contributed by atoms with Crippen LogP contribution in [0.2, 0.25) is 0 Å². The first-order valence-electron chi connectivity index (χ1n) is 3.81. The molecule has 0 N–H and O–H groups in total. The lowest BCUT2D eigenvalue weighted by Crippen LogP contribution is -1.95. The molecule has 0 saturated carbocycles. The van der Waals surface area contributed by atoms with Crippen molar-refractivity contribution < 1.29 is 4.79 Å². The average Bonchev–Trinajstić information content (AvgIpc) is 2.15. The highest BCUT2D eigenvalue weighted by Crippen LogP contribution is 1.97. The maximum Gasteiger partial charge on any atom is 0.278 e. The maximum absolute atomic E-state index is 11.2. The summed E-state index contributed by atoms with van der Waals surface area (Å²) in [6, 6.07) is 3.41. The van der Waals surface area contributed by atoms with Crippen molar-refractivity contribution in [3.05, 3.63) is 30.1 Å². The zero-order chi connectivity index (χ0) is 8.81. The van der Waals surface area contributed by atoms with Crippen LogP contribution < -0.4 is 0 Å². The van der Waals surface area contributed by atoms with Crippen LogP contribution in [0, 0.1) is 0 Å². The summed E-state index contributed by atoms with van der Waals surface area (Å²) in [5, 5.41) is 0. The number of aliphatic imine (C=N–C) groups is 1. The minimum absolute atomic E-state index is 0.232. The number of pyridine rings is 1. The third kappa shape index (κ3) is 2.27. The van der Waals surface area contributed by atoms with Crippen molar-refractivity contribution in [1.29, 1.82) is 0 Å². The molecule has 12 heavy (non-hydrogen) atoms. The second-order valence-corrected chi connectivity index (χ2v) is 2.27. The molecule has 0 spiro atoms. The fourth-order valence-electron chi connectivity index (χ4n) is 0.738. The van der Waals surface area contributed by atoms with Gasteiger partial charge in [-0.1, -0.05) is 6.92 Å². The Kier molecular flexibility index (Phi) is 3.14. The van der Waals surface area contributed by atoms with E-state index < -0.39 is 0 Å². The topological polar surface area (TPSA) is 42.3 Å². The van der Waals surface area contributed by atoms with Crippen LogP contribution in [-0.4, -0.2) is 17.1 Å². The molecule has 0 fully saturated rings. The Morgan fingerprint density at radius 2 is 2.58 bits per heavy atom. The van der Waals surface area contributed by atoms with Gasteiger partial charge >= 0.3 is 0 Å². The van der Waals surface area contributed by atoms with E-state index in [2.05, 4.69) is 9.98 Å². The molecule has 1 rings (SSSR count). The molecule has 1 amide bonds. The van der Waals surface area contributed by atoms with Crippen molar-refractivity contribution in [1.82, 2.24) is 4.98 Å². The zero-order valence-electron chi connectivity index (χ0n) is 6.90. The molecule has 0 aromatic carbocycles. The van der Waals surface area contributed by atoms with Gasteiger partial charge in [0.05, 0.1) is 5.56 Å². The van der Waals surface area contributed by atoms with Crippen LogP contribution in [0.4, 0.5) is 0 Å². The summed E-state index contributed by atoms with van der Waals surface area (Å²) >= 11 is 0. The summed E-state index contributed by atoms with van der Waals surface area (Å²) in [6.07, 6.45) is 5.50. The highest BCUT2D eigenvalue weighted by atomic mass is 16.1. The van der Waals surface area contributed by atoms with E-state index >= 15 is 0 Å². The molecule has 3 heteroatoms. The first-order chi connectivity index (χ1) is 5.84. The Bertz CT molecular complexity index is 280. The lowest BCUT2D eigenvalue weighted by molar-refractivity contribution is 0.100. The molecule has 0 aliphatic rings. The van der Waals surface area contributed by atoms with Crippen molar-refractivity contribution in [2.75, 3.05) is 0 Å². The maximum atomic E-state index is 11.2. The second kappa shape index (κ2) is 4.38. The van der Waals surface area contributed by atoms with Gasteiger partial charge in [-0.2, -0.15) is 0 Å². The molecule has 62 valence electrons. The zero-order valence-corrected chi connectivity index (χ0v) is 6.90. The van der Waals surface area contributed by atoms with Crippen LogP contribution in [0.1, 0.15) is 23.7 Å². The summed E-state index contributed by atoms with van der Waals surface area (Å²) in [5.41, 5.74) is 0.530. The van der Waals surface area contributed by atoms with Crippen molar-refractivity contribution in [2.24, 2.45) is 4.99 Å². The Balaban J connectivity index is 2.72. The summed E-state index contributed by atoms with van der Waals surface area (Å²) in [7, 11) is 0. The van der Waals surface area contributed by atoms with E-state index in [1.807, 2.05) is 6.92 Å². The molecule has 0 radical (unpaired) electrons. The number of amides is 1. The number of hydrogen-bond donors (Lipinski definition) is 0. The molecule has 0 aliphatic carbocycles. The quantitative estimate of drug-likeness (QED) is 0.621. The number of nitrogens with zero attached hydrogens (tertiary/aromatic N) is 2. The molecular formula is C9H10N2O. The van der Waals surface area contributed by atoms with Gasteiger partial charge in [0, 0.05) is 18.6 Å². The smallest absolute Gasteiger partial charge is 0.267 e.